The Labute approximate surface area is 120 Å². The molecule has 0 saturated carbocycles. The van der Waals surface area contributed by atoms with Crippen molar-refractivity contribution in [1.29, 1.82) is 0 Å². The van der Waals surface area contributed by atoms with E-state index in [1.165, 1.54) is 17.7 Å². The van der Waals surface area contributed by atoms with Crippen LogP contribution in [0.25, 0.3) is 0 Å². The molecule has 1 nitrogen and oxygen atoms in total. The quantitative estimate of drug-likeness (QED) is 0.891. The Balaban J connectivity index is 2.21. The van der Waals surface area contributed by atoms with Crippen LogP contribution >= 0.6 is 0 Å². The lowest BCUT2D eigenvalue weighted by Crippen LogP contribution is -2.35. The predicted octanol–water partition coefficient (Wildman–Crippen LogP) is 4.02. The fourth-order valence-corrected chi connectivity index (χ4v) is 2.37. The zero-order valence-electron chi connectivity index (χ0n) is 12.2. The van der Waals surface area contributed by atoms with Crippen molar-refractivity contribution in [3.05, 3.63) is 71.0 Å². The monoisotopic (exact) mass is 272 g/mol. The van der Waals surface area contributed by atoms with E-state index in [-0.39, 0.29) is 5.82 Å². The Morgan fingerprint density at radius 3 is 2.25 bits per heavy atom. The lowest BCUT2D eigenvalue weighted by atomic mass is 9.77. The number of hydrogen-bond acceptors (Lipinski definition) is 1. The first-order valence-electron chi connectivity index (χ1n) is 6.90. The first-order valence-corrected chi connectivity index (χ1v) is 6.90. The maximum absolute atomic E-state index is 13.0. The largest absolute Gasteiger partial charge is 0.392 e. The van der Waals surface area contributed by atoms with Gasteiger partial charge in [-0.15, -0.1) is 0 Å². The molecule has 0 aliphatic rings. The Morgan fingerprint density at radius 1 is 1.05 bits per heavy atom. The molecule has 1 N–H and O–H groups in total. The molecule has 0 aliphatic carbocycles. The number of aliphatic hydroxyl groups excluding tert-OH is 1. The van der Waals surface area contributed by atoms with E-state index in [1.54, 1.807) is 12.1 Å². The smallest absolute Gasteiger partial charge is 0.123 e. The van der Waals surface area contributed by atoms with Gasteiger partial charge in [0.25, 0.3) is 0 Å². The summed E-state index contributed by atoms with van der Waals surface area (Å²) in [5.74, 6) is -0.252. The van der Waals surface area contributed by atoms with E-state index < -0.39 is 11.5 Å². The molecular weight excluding hydrogens is 251 g/mol. The van der Waals surface area contributed by atoms with Crippen molar-refractivity contribution in [3.8, 4) is 0 Å². The maximum Gasteiger partial charge on any atom is 0.123 e. The Hall–Kier alpha value is -1.67. The molecule has 2 aromatic rings. The SMILES string of the molecule is Cc1ccccc1CC(O)C(C)(C)c1ccc(F)cc1. The summed E-state index contributed by atoms with van der Waals surface area (Å²) in [6.07, 6.45) is 0.0749. The topological polar surface area (TPSA) is 20.2 Å². The van der Waals surface area contributed by atoms with Crippen molar-refractivity contribution in [1.82, 2.24) is 0 Å². The summed E-state index contributed by atoms with van der Waals surface area (Å²) < 4.78 is 13.0. The summed E-state index contributed by atoms with van der Waals surface area (Å²) in [6.45, 7) is 6.03. The average Bonchev–Trinajstić information content (AvgIpc) is 2.41. The molecule has 2 rings (SSSR count). The van der Waals surface area contributed by atoms with Gasteiger partial charge in [-0.05, 0) is 42.2 Å². The molecule has 1 unspecified atom stereocenters. The fraction of sp³-hybridized carbons (Fsp3) is 0.333. The normalized spacial score (nSPS) is 13.2. The molecule has 0 bridgehead atoms. The molecule has 0 saturated heterocycles. The number of rotatable bonds is 4. The molecule has 0 aliphatic heterocycles. The van der Waals surface area contributed by atoms with Crippen molar-refractivity contribution < 1.29 is 9.50 Å². The number of hydrogen-bond donors (Lipinski definition) is 1. The number of benzene rings is 2. The molecule has 1 atom stereocenters. The Kier molecular flexibility index (Phi) is 4.24. The van der Waals surface area contributed by atoms with Crippen LogP contribution in [0.15, 0.2) is 48.5 Å². The number of aryl methyl sites for hydroxylation is 1. The van der Waals surface area contributed by atoms with E-state index in [4.69, 9.17) is 0 Å². The van der Waals surface area contributed by atoms with Gasteiger partial charge in [0, 0.05) is 5.41 Å². The number of aliphatic hydroxyl groups is 1. The van der Waals surface area contributed by atoms with Crippen molar-refractivity contribution >= 4 is 0 Å². The van der Waals surface area contributed by atoms with Gasteiger partial charge >= 0.3 is 0 Å². The highest BCUT2D eigenvalue weighted by molar-refractivity contribution is 5.30. The van der Waals surface area contributed by atoms with Gasteiger partial charge < -0.3 is 5.11 Å². The van der Waals surface area contributed by atoms with Crippen molar-refractivity contribution in [2.24, 2.45) is 0 Å². The standard InChI is InChI=1S/C18H21FO/c1-13-6-4-5-7-14(13)12-17(20)18(2,3)15-8-10-16(19)11-9-15/h4-11,17,20H,12H2,1-3H3. The second-order valence-electron chi connectivity index (χ2n) is 5.87. The van der Waals surface area contributed by atoms with Crippen LogP contribution < -0.4 is 0 Å². The number of halogens is 1. The van der Waals surface area contributed by atoms with Gasteiger partial charge in [0.05, 0.1) is 6.10 Å². The first-order chi connectivity index (χ1) is 9.41. The molecule has 20 heavy (non-hydrogen) atoms. The molecule has 2 heteroatoms. The zero-order chi connectivity index (χ0) is 14.8. The van der Waals surface area contributed by atoms with E-state index in [9.17, 15) is 9.50 Å². The van der Waals surface area contributed by atoms with E-state index in [1.807, 2.05) is 45.0 Å². The van der Waals surface area contributed by atoms with Gasteiger partial charge in [-0.3, -0.25) is 0 Å². The van der Waals surface area contributed by atoms with Crippen LogP contribution in [0.5, 0.6) is 0 Å². The van der Waals surface area contributed by atoms with E-state index in [0.717, 1.165) is 11.1 Å². The second-order valence-corrected chi connectivity index (χ2v) is 5.87. The highest BCUT2D eigenvalue weighted by Gasteiger charge is 2.30. The summed E-state index contributed by atoms with van der Waals surface area (Å²) in [6, 6.07) is 14.4. The molecule has 2 aromatic carbocycles. The van der Waals surface area contributed by atoms with Crippen LogP contribution in [-0.4, -0.2) is 11.2 Å². The minimum Gasteiger partial charge on any atom is -0.392 e. The van der Waals surface area contributed by atoms with Gasteiger partial charge in [0.15, 0.2) is 0 Å². The molecule has 0 radical (unpaired) electrons. The van der Waals surface area contributed by atoms with E-state index in [2.05, 4.69) is 0 Å². The predicted molar refractivity (Wildman–Crippen MR) is 80.3 cm³/mol. The zero-order valence-corrected chi connectivity index (χ0v) is 12.2. The highest BCUT2D eigenvalue weighted by atomic mass is 19.1. The van der Waals surface area contributed by atoms with Crippen LogP contribution in [0.4, 0.5) is 4.39 Å². The van der Waals surface area contributed by atoms with Crippen LogP contribution in [0.1, 0.15) is 30.5 Å². The minimum absolute atomic E-state index is 0.252. The van der Waals surface area contributed by atoms with Crippen molar-refractivity contribution in [2.75, 3.05) is 0 Å². The van der Waals surface area contributed by atoms with E-state index >= 15 is 0 Å². The van der Waals surface area contributed by atoms with Crippen LogP contribution in [-0.2, 0) is 11.8 Å². The minimum atomic E-state index is -0.519. The third-order valence-electron chi connectivity index (χ3n) is 4.10. The van der Waals surface area contributed by atoms with Gasteiger partial charge in [-0.2, -0.15) is 0 Å². The lowest BCUT2D eigenvalue weighted by Gasteiger charge is -2.31. The molecular formula is C18H21FO. The molecule has 0 aromatic heterocycles. The summed E-state index contributed by atoms with van der Waals surface area (Å²) in [7, 11) is 0. The van der Waals surface area contributed by atoms with E-state index in [0.29, 0.717) is 6.42 Å². The summed E-state index contributed by atoms with van der Waals surface area (Å²) in [5, 5.41) is 10.6. The fourth-order valence-electron chi connectivity index (χ4n) is 2.37. The van der Waals surface area contributed by atoms with Crippen LogP contribution in [0, 0.1) is 12.7 Å². The van der Waals surface area contributed by atoms with Crippen molar-refractivity contribution in [2.45, 2.75) is 38.7 Å². The molecule has 0 spiro atoms. The first kappa shape index (κ1) is 14.7. The average molecular weight is 272 g/mol. The summed E-state index contributed by atoms with van der Waals surface area (Å²) in [4.78, 5) is 0. The van der Waals surface area contributed by atoms with Gasteiger partial charge in [-0.1, -0.05) is 50.2 Å². The van der Waals surface area contributed by atoms with Crippen molar-refractivity contribution in [3.63, 3.8) is 0 Å². The summed E-state index contributed by atoms with van der Waals surface area (Å²) >= 11 is 0. The third kappa shape index (κ3) is 3.07. The van der Waals surface area contributed by atoms with Crippen LogP contribution in [0.3, 0.4) is 0 Å². The Morgan fingerprint density at radius 2 is 1.65 bits per heavy atom. The highest BCUT2D eigenvalue weighted by Crippen LogP contribution is 2.29. The molecule has 0 fully saturated rings. The molecule has 0 amide bonds. The summed E-state index contributed by atoms with van der Waals surface area (Å²) in [5.41, 5.74) is 2.85. The van der Waals surface area contributed by atoms with Gasteiger partial charge in [0.1, 0.15) is 5.82 Å². The molecule has 106 valence electrons. The Bertz CT molecular complexity index is 572. The lowest BCUT2D eigenvalue weighted by molar-refractivity contribution is 0.0998. The maximum atomic E-state index is 13.0. The second kappa shape index (κ2) is 5.76. The van der Waals surface area contributed by atoms with Crippen LogP contribution in [0.2, 0.25) is 0 Å². The van der Waals surface area contributed by atoms with Gasteiger partial charge in [-0.25, -0.2) is 4.39 Å². The molecule has 0 heterocycles. The third-order valence-corrected chi connectivity index (χ3v) is 4.10. The van der Waals surface area contributed by atoms with Gasteiger partial charge in [0.2, 0.25) is 0 Å².